The summed E-state index contributed by atoms with van der Waals surface area (Å²) < 4.78 is 5.76. The van der Waals surface area contributed by atoms with Crippen molar-refractivity contribution in [3.05, 3.63) is 36.4 Å². The lowest BCUT2D eigenvalue weighted by Crippen LogP contribution is -2.21. The van der Waals surface area contributed by atoms with Gasteiger partial charge in [-0.1, -0.05) is 111 Å². The highest BCUT2D eigenvalue weighted by Gasteiger charge is 2.08. The van der Waals surface area contributed by atoms with Crippen LogP contribution in [0.1, 0.15) is 130 Å². The number of nitrogens with zero attached hydrogens (tertiary/aromatic N) is 3. The van der Waals surface area contributed by atoms with Gasteiger partial charge >= 0.3 is 0 Å². The van der Waals surface area contributed by atoms with Crippen molar-refractivity contribution in [1.29, 1.82) is 0 Å². The van der Waals surface area contributed by atoms with E-state index in [1.807, 2.05) is 18.6 Å². The van der Waals surface area contributed by atoms with Gasteiger partial charge in [0, 0.05) is 42.2 Å². The summed E-state index contributed by atoms with van der Waals surface area (Å²) in [6.07, 6.45) is 26.5. The molecule has 2 radical (unpaired) electrons. The number of hydrogen-bond donors (Lipinski definition) is 0. The van der Waals surface area contributed by atoms with Crippen molar-refractivity contribution in [2.24, 2.45) is 11.8 Å². The Hall–Kier alpha value is -1.59. The molecule has 2 heterocycles. The number of pyridine rings is 1. The normalized spacial score (nSPS) is 13.0. The highest BCUT2D eigenvalue weighted by molar-refractivity contribution is 6.52. The summed E-state index contributed by atoms with van der Waals surface area (Å²) in [5, 5.41) is 1.12. The lowest BCUT2D eigenvalue weighted by Gasteiger charge is -2.12. The molecule has 0 aliphatic rings. The number of hydrogen-bond acceptors (Lipinski definition) is 4. The molecule has 0 spiro atoms. The van der Waals surface area contributed by atoms with E-state index in [-0.39, 0.29) is 0 Å². The van der Waals surface area contributed by atoms with Crippen molar-refractivity contribution in [2.45, 2.75) is 136 Å². The SMILES string of the molecule is CCCCCCOCCCCc1ccc(-c2cncc([Si]CC(C)CCCCCC(C)CCCCC)n2)cn1. The standard InChI is InChI=1S/C34H57N3OSi/c1-5-7-9-15-23-38-24-16-14-20-32-22-21-31(25-36-32)33-26-35-27-34(37-33)39-28-30(4)19-13-10-12-18-29(3)17-11-8-6-2/h21-22,25-27,29-30H,5-20,23-24,28H2,1-4H3. The van der Waals surface area contributed by atoms with Crippen LogP contribution in [0.25, 0.3) is 11.3 Å². The lowest BCUT2D eigenvalue weighted by molar-refractivity contribution is 0.126. The fourth-order valence-corrected chi connectivity index (χ4v) is 6.11. The van der Waals surface area contributed by atoms with E-state index in [2.05, 4.69) is 44.8 Å². The first kappa shape index (κ1) is 33.6. The third-order valence-corrected chi connectivity index (χ3v) is 9.20. The smallest absolute Gasteiger partial charge is 0.110 e. The molecule has 0 saturated carbocycles. The summed E-state index contributed by atoms with van der Waals surface area (Å²) in [6, 6.07) is 5.51. The molecule has 0 amide bonds. The molecule has 2 aromatic rings. The summed E-state index contributed by atoms with van der Waals surface area (Å²) in [4.78, 5) is 14.1. The third-order valence-electron chi connectivity index (χ3n) is 7.69. The molecule has 0 fully saturated rings. The van der Waals surface area contributed by atoms with Crippen LogP contribution in [0.3, 0.4) is 0 Å². The van der Waals surface area contributed by atoms with Crippen LogP contribution in [-0.4, -0.2) is 37.7 Å². The molecule has 0 aliphatic carbocycles. The summed E-state index contributed by atoms with van der Waals surface area (Å²) in [7, 11) is 0.724. The lowest BCUT2D eigenvalue weighted by atomic mass is 9.96. The van der Waals surface area contributed by atoms with Crippen LogP contribution < -0.4 is 5.32 Å². The van der Waals surface area contributed by atoms with Gasteiger partial charge in [-0.05, 0) is 49.7 Å². The Labute approximate surface area is 243 Å². The van der Waals surface area contributed by atoms with E-state index in [0.29, 0.717) is 0 Å². The zero-order valence-electron chi connectivity index (χ0n) is 25.7. The molecule has 5 heteroatoms. The topological polar surface area (TPSA) is 47.9 Å². The molecular weight excluding hydrogens is 494 g/mol. The molecule has 0 aliphatic heterocycles. The summed E-state index contributed by atoms with van der Waals surface area (Å²) >= 11 is 0. The Bertz CT molecular complexity index is 845. The highest BCUT2D eigenvalue weighted by atomic mass is 28.2. The molecule has 4 nitrogen and oxygen atoms in total. The van der Waals surface area contributed by atoms with Crippen LogP contribution >= 0.6 is 0 Å². The molecule has 218 valence electrons. The molecule has 2 rings (SSSR count). The number of rotatable bonds is 24. The fourth-order valence-electron chi connectivity index (χ4n) is 4.99. The Balaban J connectivity index is 1.61. The average Bonchev–Trinajstić information content (AvgIpc) is 2.95. The highest BCUT2D eigenvalue weighted by Crippen LogP contribution is 2.19. The molecule has 0 saturated heterocycles. The maximum Gasteiger partial charge on any atom is 0.110 e. The van der Waals surface area contributed by atoms with Crippen LogP contribution in [0.15, 0.2) is 30.7 Å². The van der Waals surface area contributed by atoms with Gasteiger partial charge in [-0.2, -0.15) is 0 Å². The molecule has 0 N–H and O–H groups in total. The Morgan fingerprint density at radius 1 is 0.718 bits per heavy atom. The summed E-state index contributed by atoms with van der Waals surface area (Å²) in [6.45, 7) is 11.2. The third kappa shape index (κ3) is 16.3. The van der Waals surface area contributed by atoms with E-state index < -0.39 is 0 Å². The van der Waals surface area contributed by atoms with Crippen molar-refractivity contribution >= 4 is 14.8 Å². The second-order valence-electron chi connectivity index (χ2n) is 11.7. The van der Waals surface area contributed by atoms with Crippen LogP contribution in [0.5, 0.6) is 0 Å². The largest absolute Gasteiger partial charge is 0.381 e. The predicted molar refractivity (Wildman–Crippen MR) is 169 cm³/mol. The zero-order chi connectivity index (χ0) is 28.0. The fraction of sp³-hybridized carbons (Fsp3) is 0.735. The van der Waals surface area contributed by atoms with Gasteiger partial charge in [0.05, 0.1) is 11.9 Å². The first-order valence-corrected chi connectivity index (χ1v) is 17.4. The van der Waals surface area contributed by atoms with Gasteiger partial charge in [0.1, 0.15) is 9.52 Å². The molecule has 0 aromatic carbocycles. The zero-order valence-corrected chi connectivity index (χ0v) is 26.7. The minimum atomic E-state index is 0.724. The van der Waals surface area contributed by atoms with Gasteiger partial charge in [0.25, 0.3) is 0 Å². The minimum absolute atomic E-state index is 0.724. The quantitative estimate of drug-likeness (QED) is 0.0964. The van der Waals surface area contributed by atoms with E-state index in [1.54, 1.807) is 0 Å². The van der Waals surface area contributed by atoms with Crippen molar-refractivity contribution in [3.8, 4) is 11.3 Å². The van der Waals surface area contributed by atoms with Crippen molar-refractivity contribution < 1.29 is 4.74 Å². The van der Waals surface area contributed by atoms with E-state index in [4.69, 9.17) is 14.7 Å². The van der Waals surface area contributed by atoms with Gasteiger partial charge in [0.2, 0.25) is 0 Å². The van der Waals surface area contributed by atoms with Gasteiger partial charge < -0.3 is 4.74 Å². The van der Waals surface area contributed by atoms with Crippen molar-refractivity contribution in [1.82, 2.24) is 15.0 Å². The van der Waals surface area contributed by atoms with E-state index in [1.165, 1.54) is 89.5 Å². The molecule has 2 unspecified atom stereocenters. The molecule has 39 heavy (non-hydrogen) atoms. The molecular formula is C34H57N3OSi. The monoisotopic (exact) mass is 551 g/mol. The van der Waals surface area contributed by atoms with Crippen molar-refractivity contribution in [3.63, 3.8) is 0 Å². The number of ether oxygens (including phenoxy) is 1. The Morgan fingerprint density at radius 3 is 2.10 bits per heavy atom. The molecule has 2 aromatic heterocycles. The van der Waals surface area contributed by atoms with E-state index >= 15 is 0 Å². The first-order valence-electron chi connectivity index (χ1n) is 16.2. The number of aromatic nitrogens is 3. The predicted octanol–water partition coefficient (Wildman–Crippen LogP) is 9.01. The second kappa shape index (κ2) is 22.1. The van der Waals surface area contributed by atoms with Crippen LogP contribution in [-0.2, 0) is 11.2 Å². The maximum atomic E-state index is 5.76. The van der Waals surface area contributed by atoms with Crippen LogP contribution in [0, 0.1) is 11.8 Å². The van der Waals surface area contributed by atoms with Crippen molar-refractivity contribution in [2.75, 3.05) is 13.2 Å². The first-order chi connectivity index (χ1) is 19.1. The Kier molecular flexibility index (Phi) is 19.1. The van der Waals surface area contributed by atoms with Crippen LogP contribution in [0.4, 0.5) is 0 Å². The number of aryl methyl sites for hydroxylation is 1. The molecule has 0 bridgehead atoms. The van der Waals surface area contributed by atoms with E-state index in [9.17, 15) is 0 Å². The number of unbranched alkanes of at least 4 members (excludes halogenated alkanes) is 8. The van der Waals surface area contributed by atoms with Gasteiger partial charge in [-0.25, -0.2) is 0 Å². The summed E-state index contributed by atoms with van der Waals surface area (Å²) in [5.74, 6) is 1.66. The maximum absolute atomic E-state index is 5.76. The molecule has 2 atom stereocenters. The average molecular weight is 552 g/mol. The Morgan fingerprint density at radius 2 is 1.38 bits per heavy atom. The van der Waals surface area contributed by atoms with Gasteiger partial charge in [0.15, 0.2) is 0 Å². The van der Waals surface area contributed by atoms with Gasteiger partial charge in [-0.3, -0.25) is 15.0 Å². The van der Waals surface area contributed by atoms with E-state index in [0.717, 1.165) is 76.1 Å². The second-order valence-corrected chi connectivity index (χ2v) is 13.0. The summed E-state index contributed by atoms with van der Waals surface area (Å²) in [5.41, 5.74) is 3.15. The minimum Gasteiger partial charge on any atom is -0.381 e. The van der Waals surface area contributed by atoms with Crippen LogP contribution in [0.2, 0.25) is 6.04 Å². The van der Waals surface area contributed by atoms with Gasteiger partial charge in [-0.15, -0.1) is 0 Å².